The van der Waals surface area contributed by atoms with Gasteiger partial charge in [-0.15, -0.1) is 0 Å². The summed E-state index contributed by atoms with van der Waals surface area (Å²) in [6.45, 7) is 2.15. The molecule has 3 aliphatic carbocycles. The van der Waals surface area contributed by atoms with Crippen molar-refractivity contribution in [3.05, 3.63) is 34.9 Å². The second kappa shape index (κ2) is 8.74. The predicted molar refractivity (Wildman–Crippen MR) is 106 cm³/mol. The molecule has 0 aromatic heterocycles. The van der Waals surface area contributed by atoms with E-state index in [4.69, 9.17) is 4.74 Å². The number of ether oxygens (including phenoxy) is 1. The molecule has 0 unspecified atom stereocenters. The van der Waals surface area contributed by atoms with Crippen LogP contribution >= 0.6 is 0 Å². The summed E-state index contributed by atoms with van der Waals surface area (Å²) >= 11 is 0. The fraction of sp³-hybridized carbons (Fsp3) is 0.696. The van der Waals surface area contributed by atoms with Crippen molar-refractivity contribution in [2.24, 2.45) is 0 Å². The standard InChI is InChI=1S/C23H34O4/c1-2-27-21(24)16-18-9-10-19(22(25)11-5-3-6-12-22)17-20(15-18)23(26)13-7-4-8-14-23/h15-17,25-26H,2-14H2,1H3/b18-16+. The van der Waals surface area contributed by atoms with Crippen LogP contribution in [0.4, 0.5) is 0 Å². The molecule has 150 valence electrons. The molecule has 0 radical (unpaired) electrons. The van der Waals surface area contributed by atoms with Gasteiger partial charge in [0.15, 0.2) is 0 Å². The Morgan fingerprint density at radius 1 is 0.963 bits per heavy atom. The largest absolute Gasteiger partial charge is 0.463 e. The van der Waals surface area contributed by atoms with Crippen molar-refractivity contribution in [3.8, 4) is 0 Å². The van der Waals surface area contributed by atoms with E-state index in [9.17, 15) is 15.0 Å². The lowest BCUT2D eigenvalue weighted by molar-refractivity contribution is -0.137. The minimum atomic E-state index is -0.855. The summed E-state index contributed by atoms with van der Waals surface area (Å²) in [5.74, 6) is -0.335. The first-order valence-corrected chi connectivity index (χ1v) is 10.7. The molecule has 0 aliphatic heterocycles. The van der Waals surface area contributed by atoms with E-state index in [1.807, 2.05) is 6.08 Å². The first kappa shape index (κ1) is 20.3. The zero-order valence-electron chi connectivity index (χ0n) is 16.6. The van der Waals surface area contributed by atoms with Gasteiger partial charge >= 0.3 is 5.97 Å². The Morgan fingerprint density at radius 3 is 2.15 bits per heavy atom. The Balaban J connectivity index is 1.94. The fourth-order valence-electron chi connectivity index (χ4n) is 4.82. The lowest BCUT2D eigenvalue weighted by Gasteiger charge is -2.37. The van der Waals surface area contributed by atoms with Gasteiger partial charge in [-0.25, -0.2) is 4.79 Å². The van der Waals surface area contributed by atoms with Crippen LogP contribution in [-0.2, 0) is 9.53 Å². The van der Waals surface area contributed by atoms with Crippen molar-refractivity contribution in [3.63, 3.8) is 0 Å². The summed E-state index contributed by atoms with van der Waals surface area (Å²) < 4.78 is 5.08. The first-order valence-electron chi connectivity index (χ1n) is 10.7. The molecule has 4 nitrogen and oxygen atoms in total. The molecule has 2 fully saturated rings. The highest BCUT2D eigenvalue weighted by molar-refractivity contribution is 5.83. The van der Waals surface area contributed by atoms with Crippen LogP contribution in [0.5, 0.6) is 0 Å². The minimum Gasteiger partial charge on any atom is -0.463 e. The number of rotatable bonds is 4. The van der Waals surface area contributed by atoms with Gasteiger partial charge in [-0.05, 0) is 62.2 Å². The van der Waals surface area contributed by atoms with Crippen LogP contribution in [0.25, 0.3) is 0 Å². The number of allylic oxidation sites excluding steroid dienone is 2. The van der Waals surface area contributed by atoms with Crippen molar-refractivity contribution >= 4 is 5.97 Å². The molecule has 0 spiro atoms. The van der Waals surface area contributed by atoms with E-state index in [2.05, 4.69) is 6.08 Å². The van der Waals surface area contributed by atoms with Crippen LogP contribution in [0, 0.1) is 0 Å². The highest BCUT2D eigenvalue weighted by Crippen LogP contribution is 2.42. The van der Waals surface area contributed by atoms with E-state index in [1.165, 1.54) is 6.42 Å². The molecule has 2 N–H and O–H groups in total. The summed E-state index contributed by atoms with van der Waals surface area (Å²) in [7, 11) is 0. The van der Waals surface area contributed by atoms with Crippen molar-refractivity contribution in [1.82, 2.24) is 0 Å². The molecular weight excluding hydrogens is 340 g/mol. The van der Waals surface area contributed by atoms with Gasteiger partial charge < -0.3 is 14.9 Å². The van der Waals surface area contributed by atoms with Gasteiger partial charge in [-0.2, -0.15) is 0 Å². The lowest BCUT2D eigenvalue weighted by Crippen LogP contribution is -2.36. The summed E-state index contributed by atoms with van der Waals surface area (Å²) in [5, 5.41) is 22.6. The number of carbonyl (C=O) groups is 1. The third-order valence-electron chi connectivity index (χ3n) is 6.44. The molecule has 0 amide bonds. The van der Waals surface area contributed by atoms with Crippen LogP contribution in [-0.4, -0.2) is 34.0 Å². The number of esters is 1. The van der Waals surface area contributed by atoms with Gasteiger partial charge in [0.2, 0.25) is 0 Å². The minimum absolute atomic E-state index is 0.335. The van der Waals surface area contributed by atoms with Crippen LogP contribution in [0.3, 0.4) is 0 Å². The van der Waals surface area contributed by atoms with Crippen molar-refractivity contribution in [2.75, 3.05) is 6.61 Å². The molecule has 0 aromatic carbocycles. The van der Waals surface area contributed by atoms with E-state index >= 15 is 0 Å². The molecule has 3 rings (SSSR count). The number of aliphatic hydroxyl groups is 2. The number of hydrogen-bond donors (Lipinski definition) is 2. The maximum absolute atomic E-state index is 12.0. The van der Waals surface area contributed by atoms with Crippen molar-refractivity contribution in [2.45, 2.75) is 95.2 Å². The predicted octanol–water partition coefficient (Wildman–Crippen LogP) is 4.51. The van der Waals surface area contributed by atoms with Crippen LogP contribution < -0.4 is 0 Å². The van der Waals surface area contributed by atoms with Crippen LogP contribution in [0.1, 0.15) is 84.0 Å². The van der Waals surface area contributed by atoms with E-state index in [1.54, 1.807) is 13.0 Å². The van der Waals surface area contributed by atoms with Crippen molar-refractivity contribution < 1.29 is 19.7 Å². The topological polar surface area (TPSA) is 66.8 Å². The molecule has 4 heteroatoms. The van der Waals surface area contributed by atoms with E-state index in [0.717, 1.165) is 80.9 Å². The molecule has 0 bridgehead atoms. The van der Waals surface area contributed by atoms with Gasteiger partial charge in [0.1, 0.15) is 0 Å². The Morgan fingerprint density at radius 2 is 1.56 bits per heavy atom. The quantitative estimate of drug-likeness (QED) is 0.561. The maximum Gasteiger partial charge on any atom is 0.331 e. The Labute approximate surface area is 163 Å². The third-order valence-corrected chi connectivity index (χ3v) is 6.44. The van der Waals surface area contributed by atoms with Gasteiger partial charge in [-0.1, -0.05) is 50.7 Å². The second-order valence-corrected chi connectivity index (χ2v) is 8.43. The fourth-order valence-corrected chi connectivity index (χ4v) is 4.82. The summed E-state index contributed by atoms with van der Waals surface area (Å²) in [6, 6.07) is 0. The first-order chi connectivity index (χ1) is 13.0. The monoisotopic (exact) mass is 374 g/mol. The van der Waals surface area contributed by atoms with Gasteiger partial charge in [-0.3, -0.25) is 0 Å². The van der Waals surface area contributed by atoms with Gasteiger partial charge in [0.25, 0.3) is 0 Å². The normalized spacial score (nSPS) is 26.7. The maximum atomic E-state index is 12.0. The zero-order valence-corrected chi connectivity index (χ0v) is 16.6. The SMILES string of the molecule is CCOC(=O)/C=C1/C=C(C2(O)CCCCC2)C=C(C2(O)CCCCC2)CC1. The molecule has 0 atom stereocenters. The van der Waals surface area contributed by atoms with Crippen molar-refractivity contribution in [1.29, 1.82) is 0 Å². The summed E-state index contributed by atoms with van der Waals surface area (Å²) in [5.41, 5.74) is 1.16. The lowest BCUT2D eigenvalue weighted by atomic mass is 9.75. The average Bonchev–Trinajstić information content (AvgIpc) is 2.87. The van der Waals surface area contributed by atoms with Gasteiger partial charge in [0.05, 0.1) is 17.8 Å². The van der Waals surface area contributed by atoms with E-state index in [0.29, 0.717) is 13.0 Å². The highest BCUT2D eigenvalue weighted by Gasteiger charge is 2.37. The molecular formula is C23H34O4. The number of carbonyl (C=O) groups excluding carboxylic acids is 1. The molecule has 27 heavy (non-hydrogen) atoms. The smallest absolute Gasteiger partial charge is 0.331 e. The Hall–Kier alpha value is -1.39. The Kier molecular flexibility index (Phi) is 6.59. The third kappa shape index (κ3) is 4.91. The number of hydrogen-bond acceptors (Lipinski definition) is 4. The summed E-state index contributed by atoms with van der Waals surface area (Å²) in [4.78, 5) is 12.0. The van der Waals surface area contributed by atoms with E-state index < -0.39 is 11.2 Å². The molecule has 0 aromatic rings. The second-order valence-electron chi connectivity index (χ2n) is 8.43. The molecule has 2 saturated carbocycles. The molecule has 0 heterocycles. The van der Waals surface area contributed by atoms with E-state index in [-0.39, 0.29) is 5.97 Å². The van der Waals surface area contributed by atoms with Crippen LogP contribution in [0.15, 0.2) is 34.9 Å². The zero-order chi connectivity index (χ0) is 19.3. The Bertz CT molecular complexity index is 629. The van der Waals surface area contributed by atoms with Crippen LogP contribution in [0.2, 0.25) is 0 Å². The molecule has 3 aliphatic rings. The highest BCUT2D eigenvalue weighted by atomic mass is 16.5. The molecule has 0 saturated heterocycles. The summed E-state index contributed by atoms with van der Waals surface area (Å²) in [6.07, 6.45) is 16.5. The average molecular weight is 375 g/mol. The van der Waals surface area contributed by atoms with Gasteiger partial charge in [0, 0.05) is 6.08 Å².